The highest BCUT2D eigenvalue weighted by Gasteiger charge is 2.32. The Labute approximate surface area is 200 Å². The average Bonchev–Trinajstić information content (AvgIpc) is 3.23. The number of carbonyl (C=O) groups is 2. The van der Waals surface area contributed by atoms with Crippen molar-refractivity contribution in [2.45, 2.75) is 46.5 Å². The third-order valence-electron chi connectivity index (χ3n) is 7.22. The zero-order valence-corrected chi connectivity index (χ0v) is 19.9. The van der Waals surface area contributed by atoms with Crippen molar-refractivity contribution in [2.75, 3.05) is 18.1 Å². The van der Waals surface area contributed by atoms with Gasteiger partial charge in [0.05, 0.1) is 13.0 Å². The molecule has 5 rings (SSSR count). The number of aryl methyl sites for hydroxylation is 2. The van der Waals surface area contributed by atoms with Gasteiger partial charge in [0.2, 0.25) is 0 Å². The lowest BCUT2D eigenvalue weighted by molar-refractivity contribution is -0.136. The molecule has 0 aliphatic carbocycles. The minimum absolute atomic E-state index is 0.0104. The summed E-state index contributed by atoms with van der Waals surface area (Å²) in [6.45, 7) is 7.32. The van der Waals surface area contributed by atoms with Crippen LogP contribution in [0.3, 0.4) is 0 Å². The van der Waals surface area contributed by atoms with Crippen LogP contribution in [-0.2, 0) is 24.1 Å². The number of anilines is 1. The summed E-state index contributed by atoms with van der Waals surface area (Å²) in [5.41, 5.74) is 9.69. The highest BCUT2D eigenvalue weighted by atomic mass is 16.5. The van der Waals surface area contributed by atoms with Crippen LogP contribution in [-0.4, -0.2) is 30.1 Å². The van der Waals surface area contributed by atoms with Crippen LogP contribution in [0.5, 0.6) is 5.75 Å². The first-order chi connectivity index (χ1) is 16.4. The Balaban J connectivity index is 1.70. The van der Waals surface area contributed by atoms with Crippen molar-refractivity contribution in [2.24, 2.45) is 0 Å². The Bertz CT molecular complexity index is 1320. The number of ether oxygens (including phenoxy) is 1. The first-order valence-corrected chi connectivity index (χ1v) is 11.9. The topological polar surface area (TPSA) is 66.8 Å². The van der Waals surface area contributed by atoms with E-state index in [9.17, 15) is 14.7 Å². The molecule has 0 fully saturated rings. The van der Waals surface area contributed by atoms with Crippen molar-refractivity contribution in [3.63, 3.8) is 0 Å². The van der Waals surface area contributed by atoms with Crippen molar-refractivity contribution in [3.8, 4) is 16.9 Å². The number of benzene rings is 3. The number of carbonyl (C=O) groups excluding carboxylic acids is 1. The van der Waals surface area contributed by atoms with E-state index in [1.807, 2.05) is 55.1 Å². The lowest BCUT2D eigenvalue weighted by Crippen LogP contribution is -2.29. The molecule has 5 nitrogen and oxygen atoms in total. The minimum atomic E-state index is -0.853. The summed E-state index contributed by atoms with van der Waals surface area (Å²) in [7, 11) is 0. The molecule has 1 N–H and O–H groups in total. The maximum atomic E-state index is 13.5. The minimum Gasteiger partial charge on any atom is -0.493 e. The molecule has 3 aromatic rings. The van der Waals surface area contributed by atoms with E-state index >= 15 is 0 Å². The van der Waals surface area contributed by atoms with E-state index in [0.29, 0.717) is 18.5 Å². The van der Waals surface area contributed by atoms with Crippen LogP contribution in [0, 0.1) is 20.8 Å². The molecular weight excluding hydrogens is 426 g/mol. The van der Waals surface area contributed by atoms with Crippen LogP contribution < -0.4 is 9.64 Å². The number of fused-ring (bicyclic) bond motifs is 2. The molecule has 3 aromatic carbocycles. The maximum absolute atomic E-state index is 13.5. The van der Waals surface area contributed by atoms with Crippen LogP contribution in [0.15, 0.2) is 42.5 Å². The molecular formula is C29H29NO4. The number of hydrogen-bond acceptors (Lipinski definition) is 3. The molecule has 0 atom stereocenters. The Kier molecular flexibility index (Phi) is 5.64. The molecule has 5 heteroatoms. The predicted octanol–water partition coefficient (Wildman–Crippen LogP) is 5.43. The van der Waals surface area contributed by atoms with Gasteiger partial charge < -0.3 is 14.7 Å². The Hall–Kier alpha value is -3.60. The zero-order valence-electron chi connectivity index (χ0n) is 19.9. The molecule has 0 unspecified atom stereocenters. The second-order valence-electron chi connectivity index (χ2n) is 9.30. The molecule has 2 aliphatic rings. The van der Waals surface area contributed by atoms with E-state index in [2.05, 4.69) is 13.0 Å². The van der Waals surface area contributed by atoms with Crippen LogP contribution in [0.1, 0.15) is 50.2 Å². The molecule has 2 heterocycles. The highest BCUT2D eigenvalue weighted by Crippen LogP contribution is 2.44. The lowest BCUT2D eigenvalue weighted by atomic mass is 9.84. The fourth-order valence-corrected chi connectivity index (χ4v) is 5.48. The molecule has 0 bridgehead atoms. The van der Waals surface area contributed by atoms with E-state index in [1.165, 1.54) is 5.56 Å². The zero-order chi connectivity index (χ0) is 24.0. The summed E-state index contributed by atoms with van der Waals surface area (Å²) in [4.78, 5) is 27.2. The summed E-state index contributed by atoms with van der Waals surface area (Å²) < 4.78 is 5.87. The van der Waals surface area contributed by atoms with E-state index in [4.69, 9.17) is 4.74 Å². The molecule has 0 saturated heterocycles. The predicted molar refractivity (Wildman–Crippen MR) is 133 cm³/mol. The Morgan fingerprint density at radius 1 is 1.00 bits per heavy atom. The SMILES string of the molecule is Cc1ccccc1C(=O)N1CCc2c1cc(C)c(CC(=O)O)c2-c1ccc2c(c1C)CCCO2. The Morgan fingerprint density at radius 3 is 2.56 bits per heavy atom. The average molecular weight is 456 g/mol. The van der Waals surface area contributed by atoms with Crippen molar-refractivity contribution >= 4 is 17.6 Å². The normalized spacial score (nSPS) is 14.4. The number of amides is 1. The summed E-state index contributed by atoms with van der Waals surface area (Å²) in [5, 5.41) is 9.71. The van der Waals surface area contributed by atoms with Gasteiger partial charge in [-0.1, -0.05) is 24.3 Å². The van der Waals surface area contributed by atoms with Gasteiger partial charge in [0, 0.05) is 17.8 Å². The van der Waals surface area contributed by atoms with Crippen molar-refractivity contribution < 1.29 is 19.4 Å². The third kappa shape index (κ3) is 3.65. The van der Waals surface area contributed by atoms with Crippen LogP contribution in [0.2, 0.25) is 0 Å². The molecule has 0 radical (unpaired) electrons. The monoisotopic (exact) mass is 455 g/mol. The fourth-order valence-electron chi connectivity index (χ4n) is 5.48. The smallest absolute Gasteiger partial charge is 0.307 e. The summed E-state index contributed by atoms with van der Waals surface area (Å²) in [6.07, 6.45) is 2.58. The van der Waals surface area contributed by atoms with Gasteiger partial charge in [0.15, 0.2) is 0 Å². The van der Waals surface area contributed by atoms with E-state index in [-0.39, 0.29) is 12.3 Å². The highest BCUT2D eigenvalue weighted by molar-refractivity contribution is 6.09. The van der Waals surface area contributed by atoms with Crippen molar-refractivity contribution in [1.82, 2.24) is 0 Å². The van der Waals surface area contributed by atoms with Gasteiger partial charge in [0.1, 0.15) is 5.75 Å². The second kappa shape index (κ2) is 8.64. The Morgan fingerprint density at radius 2 is 1.79 bits per heavy atom. The van der Waals surface area contributed by atoms with Gasteiger partial charge in [-0.05, 0) is 103 Å². The summed E-state index contributed by atoms with van der Waals surface area (Å²) in [5.74, 6) is 0.0609. The quantitative estimate of drug-likeness (QED) is 0.569. The van der Waals surface area contributed by atoms with Gasteiger partial charge in [-0.3, -0.25) is 9.59 Å². The van der Waals surface area contributed by atoms with Crippen molar-refractivity contribution in [1.29, 1.82) is 0 Å². The van der Waals surface area contributed by atoms with E-state index < -0.39 is 5.97 Å². The van der Waals surface area contributed by atoms with Crippen LogP contribution >= 0.6 is 0 Å². The van der Waals surface area contributed by atoms with Gasteiger partial charge in [0.25, 0.3) is 5.91 Å². The lowest BCUT2D eigenvalue weighted by Gasteiger charge is -2.25. The molecule has 0 saturated carbocycles. The standard InChI is InChI=1S/C29H29NO4/c1-17-7-4-5-8-20(17)29(33)30-13-12-23-25(30)15-18(2)24(16-27(31)32)28(23)22-10-11-26-21(19(22)3)9-6-14-34-26/h4-5,7-8,10-11,15H,6,9,12-14,16H2,1-3H3,(H,31,32). The number of carboxylic acid groups (broad SMARTS) is 1. The fraction of sp³-hybridized carbons (Fsp3) is 0.310. The number of aliphatic carboxylic acids is 1. The van der Waals surface area contributed by atoms with Gasteiger partial charge >= 0.3 is 5.97 Å². The van der Waals surface area contributed by atoms with E-state index in [1.54, 1.807) is 0 Å². The van der Waals surface area contributed by atoms with E-state index in [0.717, 1.165) is 69.8 Å². The first kappa shape index (κ1) is 22.2. The van der Waals surface area contributed by atoms with Gasteiger partial charge in [-0.15, -0.1) is 0 Å². The molecule has 1 amide bonds. The summed E-state index contributed by atoms with van der Waals surface area (Å²) in [6, 6.07) is 13.7. The van der Waals surface area contributed by atoms with Crippen molar-refractivity contribution in [3.05, 3.63) is 81.4 Å². The number of hydrogen-bond donors (Lipinski definition) is 1. The molecule has 0 spiro atoms. The van der Waals surface area contributed by atoms with Gasteiger partial charge in [-0.25, -0.2) is 0 Å². The number of carboxylic acids is 1. The largest absolute Gasteiger partial charge is 0.493 e. The third-order valence-corrected chi connectivity index (χ3v) is 7.22. The second-order valence-corrected chi connectivity index (χ2v) is 9.30. The molecule has 34 heavy (non-hydrogen) atoms. The van der Waals surface area contributed by atoms with Crippen LogP contribution in [0.25, 0.3) is 11.1 Å². The summed E-state index contributed by atoms with van der Waals surface area (Å²) >= 11 is 0. The number of rotatable bonds is 4. The van der Waals surface area contributed by atoms with Crippen LogP contribution in [0.4, 0.5) is 5.69 Å². The number of nitrogens with zero attached hydrogens (tertiary/aromatic N) is 1. The molecule has 174 valence electrons. The molecule has 2 aliphatic heterocycles. The molecule has 0 aromatic heterocycles. The maximum Gasteiger partial charge on any atom is 0.307 e. The van der Waals surface area contributed by atoms with Gasteiger partial charge in [-0.2, -0.15) is 0 Å². The first-order valence-electron chi connectivity index (χ1n) is 11.9.